The van der Waals surface area contributed by atoms with E-state index in [0.29, 0.717) is 0 Å². The molecule has 0 amide bonds. The normalized spacial score (nSPS) is 14.9. The van der Waals surface area contributed by atoms with Crippen LogP contribution in [0.5, 0.6) is 0 Å². The molecule has 2 rings (SSSR count). The number of nitrogens with zero attached hydrogens (tertiary/aromatic N) is 1. The third-order valence-corrected chi connectivity index (χ3v) is 2.92. The quantitative estimate of drug-likeness (QED) is 0.787. The van der Waals surface area contributed by atoms with Crippen LogP contribution in [0.3, 0.4) is 0 Å². The Labute approximate surface area is 110 Å². The molecule has 1 aromatic rings. The standard InChI is InChI=1S/C12H18N2.2ClH/c1-10-9-11(13)5-6-12(10)14-7-3-2-4-8-14;;/h5-6,9H,2-4,7-8,13H2,1H3;2*1H. The lowest BCUT2D eigenvalue weighted by atomic mass is 10.1. The molecule has 2 N–H and O–H groups in total. The number of nitrogen functional groups attached to an aromatic ring is 1. The molecule has 0 aliphatic carbocycles. The Kier molecular flexibility index (Phi) is 6.61. The highest BCUT2D eigenvalue weighted by molar-refractivity contribution is 5.85. The highest BCUT2D eigenvalue weighted by Gasteiger charge is 2.12. The summed E-state index contributed by atoms with van der Waals surface area (Å²) in [6, 6.07) is 6.21. The molecule has 1 aliphatic rings. The summed E-state index contributed by atoms with van der Waals surface area (Å²) in [6.07, 6.45) is 4.03. The lowest BCUT2D eigenvalue weighted by Gasteiger charge is -2.30. The highest BCUT2D eigenvalue weighted by Crippen LogP contribution is 2.25. The smallest absolute Gasteiger partial charge is 0.0397 e. The van der Waals surface area contributed by atoms with E-state index in [0.717, 1.165) is 5.69 Å². The number of nitrogens with two attached hydrogens (primary N) is 1. The SMILES string of the molecule is Cc1cc(N)ccc1N1CCCCC1.Cl.Cl. The first kappa shape index (κ1) is 15.4. The number of piperidine rings is 1. The average Bonchev–Trinajstić information content (AvgIpc) is 2.19. The predicted octanol–water partition coefficient (Wildman–Crippen LogP) is 3.41. The van der Waals surface area contributed by atoms with E-state index in [9.17, 15) is 0 Å². The van der Waals surface area contributed by atoms with Gasteiger partial charge in [-0.3, -0.25) is 0 Å². The molecule has 1 aromatic carbocycles. The van der Waals surface area contributed by atoms with Gasteiger partial charge >= 0.3 is 0 Å². The summed E-state index contributed by atoms with van der Waals surface area (Å²) >= 11 is 0. The van der Waals surface area contributed by atoms with Gasteiger partial charge in [0.25, 0.3) is 0 Å². The molecule has 0 saturated carbocycles. The summed E-state index contributed by atoms with van der Waals surface area (Å²) in [5, 5.41) is 0. The second-order valence-electron chi connectivity index (χ2n) is 4.09. The second kappa shape index (κ2) is 6.87. The van der Waals surface area contributed by atoms with Gasteiger partial charge in [0.05, 0.1) is 0 Å². The van der Waals surface area contributed by atoms with E-state index in [2.05, 4.69) is 24.0 Å². The number of aryl methyl sites for hydroxylation is 1. The number of benzene rings is 1. The maximum absolute atomic E-state index is 5.74. The zero-order valence-electron chi connectivity index (χ0n) is 9.61. The number of hydrogen-bond donors (Lipinski definition) is 1. The van der Waals surface area contributed by atoms with E-state index in [1.54, 1.807) is 0 Å². The summed E-state index contributed by atoms with van der Waals surface area (Å²) in [4.78, 5) is 2.47. The number of hydrogen-bond acceptors (Lipinski definition) is 2. The molecule has 0 bridgehead atoms. The van der Waals surface area contributed by atoms with Crippen LogP contribution >= 0.6 is 24.8 Å². The van der Waals surface area contributed by atoms with Crippen LogP contribution in [0.1, 0.15) is 24.8 Å². The molecule has 4 heteroatoms. The van der Waals surface area contributed by atoms with Crippen molar-refractivity contribution in [2.45, 2.75) is 26.2 Å². The summed E-state index contributed by atoms with van der Waals surface area (Å²) in [6.45, 7) is 4.54. The predicted molar refractivity (Wildman–Crippen MR) is 76.2 cm³/mol. The van der Waals surface area contributed by atoms with Crippen molar-refractivity contribution < 1.29 is 0 Å². The molecule has 0 spiro atoms. The van der Waals surface area contributed by atoms with Crippen LogP contribution in [0.4, 0.5) is 11.4 Å². The van der Waals surface area contributed by atoms with Crippen molar-refractivity contribution in [1.29, 1.82) is 0 Å². The first-order chi connectivity index (χ1) is 6.77. The van der Waals surface area contributed by atoms with Crippen LogP contribution in [0.2, 0.25) is 0 Å². The molecule has 0 aromatic heterocycles. The maximum atomic E-state index is 5.74. The summed E-state index contributed by atoms with van der Waals surface area (Å²) < 4.78 is 0. The van der Waals surface area contributed by atoms with Gasteiger partial charge in [0.15, 0.2) is 0 Å². The van der Waals surface area contributed by atoms with Crippen molar-refractivity contribution in [3.63, 3.8) is 0 Å². The largest absolute Gasteiger partial charge is 0.399 e. The van der Waals surface area contributed by atoms with E-state index in [1.807, 2.05) is 6.07 Å². The Morgan fingerprint density at radius 3 is 2.25 bits per heavy atom. The van der Waals surface area contributed by atoms with Gasteiger partial charge in [-0.1, -0.05) is 0 Å². The van der Waals surface area contributed by atoms with Gasteiger partial charge in [-0.25, -0.2) is 0 Å². The minimum atomic E-state index is 0. The highest BCUT2D eigenvalue weighted by atomic mass is 35.5. The number of rotatable bonds is 1. The maximum Gasteiger partial charge on any atom is 0.0397 e. The van der Waals surface area contributed by atoms with Crippen molar-refractivity contribution in [1.82, 2.24) is 0 Å². The molecule has 0 radical (unpaired) electrons. The average molecular weight is 263 g/mol. The zero-order chi connectivity index (χ0) is 9.97. The van der Waals surface area contributed by atoms with Crippen molar-refractivity contribution in [2.24, 2.45) is 0 Å². The second-order valence-corrected chi connectivity index (χ2v) is 4.09. The lowest BCUT2D eigenvalue weighted by molar-refractivity contribution is 0.577. The molecular formula is C12H20Cl2N2. The van der Waals surface area contributed by atoms with E-state index >= 15 is 0 Å². The van der Waals surface area contributed by atoms with Gasteiger partial charge < -0.3 is 10.6 Å². The Bertz CT molecular complexity index is 323. The fraction of sp³-hybridized carbons (Fsp3) is 0.500. The minimum absolute atomic E-state index is 0. The fourth-order valence-corrected chi connectivity index (χ4v) is 2.17. The van der Waals surface area contributed by atoms with E-state index in [1.165, 1.54) is 43.6 Å². The van der Waals surface area contributed by atoms with Crippen molar-refractivity contribution in [3.05, 3.63) is 23.8 Å². The number of halogens is 2. The van der Waals surface area contributed by atoms with Crippen LogP contribution in [0, 0.1) is 6.92 Å². The monoisotopic (exact) mass is 262 g/mol. The molecule has 1 fully saturated rings. The van der Waals surface area contributed by atoms with Gasteiger partial charge in [-0.05, 0) is 49.9 Å². The lowest BCUT2D eigenvalue weighted by Crippen LogP contribution is -2.29. The third-order valence-electron chi connectivity index (χ3n) is 2.92. The molecule has 1 saturated heterocycles. The van der Waals surface area contributed by atoms with Gasteiger partial charge in [0, 0.05) is 24.5 Å². The molecule has 1 heterocycles. The third kappa shape index (κ3) is 3.46. The van der Waals surface area contributed by atoms with E-state index in [4.69, 9.17) is 5.73 Å². The fourth-order valence-electron chi connectivity index (χ4n) is 2.17. The Morgan fingerprint density at radius 2 is 1.69 bits per heavy atom. The molecule has 0 atom stereocenters. The summed E-state index contributed by atoms with van der Waals surface area (Å²) in [5.41, 5.74) is 9.26. The molecular weight excluding hydrogens is 243 g/mol. The van der Waals surface area contributed by atoms with Crippen LogP contribution < -0.4 is 10.6 Å². The van der Waals surface area contributed by atoms with Gasteiger partial charge in [-0.2, -0.15) is 0 Å². The van der Waals surface area contributed by atoms with Crippen LogP contribution in [-0.4, -0.2) is 13.1 Å². The van der Waals surface area contributed by atoms with Gasteiger partial charge in [0.1, 0.15) is 0 Å². The molecule has 2 nitrogen and oxygen atoms in total. The zero-order valence-corrected chi connectivity index (χ0v) is 11.2. The molecule has 92 valence electrons. The molecule has 0 unspecified atom stereocenters. The van der Waals surface area contributed by atoms with Crippen LogP contribution in [0.15, 0.2) is 18.2 Å². The number of anilines is 2. The topological polar surface area (TPSA) is 29.3 Å². The van der Waals surface area contributed by atoms with Crippen molar-refractivity contribution in [2.75, 3.05) is 23.7 Å². The van der Waals surface area contributed by atoms with E-state index < -0.39 is 0 Å². The Morgan fingerprint density at radius 1 is 1.06 bits per heavy atom. The first-order valence-electron chi connectivity index (χ1n) is 5.38. The van der Waals surface area contributed by atoms with Crippen molar-refractivity contribution >= 4 is 36.2 Å². The summed E-state index contributed by atoms with van der Waals surface area (Å²) in [7, 11) is 0. The Hall–Kier alpha value is -0.600. The molecule has 16 heavy (non-hydrogen) atoms. The molecule has 1 aliphatic heterocycles. The van der Waals surface area contributed by atoms with Crippen LogP contribution in [0.25, 0.3) is 0 Å². The van der Waals surface area contributed by atoms with Crippen molar-refractivity contribution in [3.8, 4) is 0 Å². The minimum Gasteiger partial charge on any atom is -0.399 e. The van der Waals surface area contributed by atoms with Gasteiger partial charge in [0.2, 0.25) is 0 Å². The van der Waals surface area contributed by atoms with Crippen LogP contribution in [-0.2, 0) is 0 Å². The first-order valence-corrected chi connectivity index (χ1v) is 5.38. The van der Waals surface area contributed by atoms with E-state index in [-0.39, 0.29) is 24.8 Å². The Balaban J connectivity index is 0.00000112. The van der Waals surface area contributed by atoms with Gasteiger partial charge in [-0.15, -0.1) is 24.8 Å². The summed E-state index contributed by atoms with van der Waals surface area (Å²) in [5.74, 6) is 0.